The fourth-order valence-electron chi connectivity index (χ4n) is 1.57. The van der Waals surface area contributed by atoms with E-state index in [1.54, 1.807) is 0 Å². The molecule has 1 aromatic heterocycles. The number of benzene rings is 1. The van der Waals surface area contributed by atoms with Crippen molar-refractivity contribution >= 4 is 17.0 Å². The Hall–Kier alpha value is -1.50. The second-order valence-electron chi connectivity index (χ2n) is 3.35. The third kappa shape index (κ3) is 1.35. The molecule has 2 rings (SSSR count). The molecule has 0 amide bonds. The Morgan fingerprint density at radius 3 is 2.86 bits per heavy atom. The first-order valence-electron chi connectivity index (χ1n) is 4.63. The smallest absolute Gasteiger partial charge is 0.135 e. The van der Waals surface area contributed by atoms with E-state index in [-0.39, 0.29) is 0 Å². The van der Waals surface area contributed by atoms with Crippen molar-refractivity contribution in [2.75, 3.05) is 0 Å². The van der Waals surface area contributed by atoms with Crippen LogP contribution in [0.3, 0.4) is 0 Å². The molecule has 0 atom stereocenters. The van der Waals surface area contributed by atoms with Gasteiger partial charge in [-0.05, 0) is 38.5 Å². The lowest BCUT2D eigenvalue weighted by molar-refractivity contribution is 0.601. The third-order valence-electron chi connectivity index (χ3n) is 2.32. The number of aryl methyl sites for hydroxylation is 1. The van der Waals surface area contributed by atoms with Gasteiger partial charge in [0.05, 0.1) is 0 Å². The molecule has 1 nitrogen and oxygen atoms in total. The monoisotopic (exact) mass is 184 g/mol. The van der Waals surface area contributed by atoms with Gasteiger partial charge in [0.25, 0.3) is 0 Å². The molecule has 0 aliphatic carbocycles. The van der Waals surface area contributed by atoms with Gasteiger partial charge in [-0.15, -0.1) is 0 Å². The van der Waals surface area contributed by atoms with Crippen molar-refractivity contribution in [1.29, 1.82) is 0 Å². The SMILES string of the molecule is [CH]c1ccc2c(C)c(/C=C\C)oc2c1. The molecule has 2 radical (unpaired) electrons. The first kappa shape index (κ1) is 9.07. The highest BCUT2D eigenvalue weighted by atomic mass is 16.3. The largest absolute Gasteiger partial charge is 0.456 e. The highest BCUT2D eigenvalue weighted by Gasteiger charge is 2.07. The van der Waals surface area contributed by atoms with Gasteiger partial charge in [0.1, 0.15) is 11.3 Å². The number of fused-ring (bicyclic) bond motifs is 1. The van der Waals surface area contributed by atoms with Gasteiger partial charge in [0.15, 0.2) is 0 Å². The molecule has 0 spiro atoms. The molecular weight excluding hydrogens is 172 g/mol. The molecule has 0 saturated heterocycles. The van der Waals surface area contributed by atoms with E-state index in [0.717, 1.165) is 27.9 Å². The maximum absolute atomic E-state index is 5.68. The number of furan rings is 1. The first-order chi connectivity index (χ1) is 6.72. The van der Waals surface area contributed by atoms with Gasteiger partial charge in [-0.1, -0.05) is 18.2 Å². The summed E-state index contributed by atoms with van der Waals surface area (Å²) in [6, 6.07) is 5.75. The summed E-state index contributed by atoms with van der Waals surface area (Å²) in [5.41, 5.74) is 2.76. The van der Waals surface area contributed by atoms with Crippen LogP contribution in [0, 0.1) is 13.8 Å². The van der Waals surface area contributed by atoms with E-state index in [1.165, 1.54) is 0 Å². The minimum atomic E-state index is 0.735. The predicted octanol–water partition coefficient (Wildman–Crippen LogP) is 3.83. The number of hydrogen-bond donors (Lipinski definition) is 0. The van der Waals surface area contributed by atoms with Crippen LogP contribution in [0.2, 0.25) is 0 Å². The normalized spacial score (nSPS) is 11.6. The topological polar surface area (TPSA) is 13.1 Å². The average molecular weight is 184 g/mol. The van der Waals surface area contributed by atoms with E-state index in [9.17, 15) is 0 Å². The summed E-state index contributed by atoms with van der Waals surface area (Å²) >= 11 is 0. The van der Waals surface area contributed by atoms with Crippen molar-refractivity contribution in [3.8, 4) is 0 Å². The summed E-state index contributed by atoms with van der Waals surface area (Å²) in [5.74, 6) is 0.910. The summed E-state index contributed by atoms with van der Waals surface area (Å²) < 4.78 is 5.65. The van der Waals surface area contributed by atoms with Gasteiger partial charge in [-0.25, -0.2) is 0 Å². The minimum absolute atomic E-state index is 0.735. The van der Waals surface area contributed by atoms with E-state index in [1.807, 2.05) is 37.3 Å². The maximum atomic E-state index is 5.68. The summed E-state index contributed by atoms with van der Waals surface area (Å²) in [7, 11) is 0. The molecule has 0 N–H and O–H groups in total. The van der Waals surface area contributed by atoms with Crippen LogP contribution >= 0.6 is 0 Å². The second-order valence-corrected chi connectivity index (χ2v) is 3.35. The van der Waals surface area contributed by atoms with Crippen molar-refractivity contribution in [3.05, 3.63) is 48.1 Å². The molecule has 1 heteroatoms. The predicted molar refractivity (Wildman–Crippen MR) is 59.1 cm³/mol. The Morgan fingerprint density at radius 2 is 2.14 bits per heavy atom. The molecule has 2 aromatic rings. The number of allylic oxidation sites excluding steroid dienone is 1. The van der Waals surface area contributed by atoms with Crippen LogP contribution < -0.4 is 0 Å². The van der Waals surface area contributed by atoms with E-state index in [4.69, 9.17) is 11.3 Å². The second kappa shape index (κ2) is 3.33. The Kier molecular flexibility index (Phi) is 2.16. The van der Waals surface area contributed by atoms with Crippen LogP contribution in [0.15, 0.2) is 28.7 Å². The molecule has 14 heavy (non-hydrogen) atoms. The van der Waals surface area contributed by atoms with Crippen LogP contribution in [0.5, 0.6) is 0 Å². The zero-order valence-electron chi connectivity index (χ0n) is 8.37. The Labute approximate surface area is 84.0 Å². The van der Waals surface area contributed by atoms with Crippen LogP contribution in [0.1, 0.15) is 23.8 Å². The van der Waals surface area contributed by atoms with Crippen LogP contribution in [-0.2, 0) is 0 Å². The molecule has 0 aliphatic rings. The quantitative estimate of drug-likeness (QED) is 0.656. The molecule has 1 aromatic carbocycles. The van der Waals surface area contributed by atoms with E-state index < -0.39 is 0 Å². The van der Waals surface area contributed by atoms with Crippen molar-refractivity contribution in [1.82, 2.24) is 0 Å². The van der Waals surface area contributed by atoms with Gasteiger partial charge in [-0.2, -0.15) is 0 Å². The lowest BCUT2D eigenvalue weighted by atomic mass is 10.1. The summed E-state index contributed by atoms with van der Waals surface area (Å²) in [5, 5.41) is 1.13. The van der Waals surface area contributed by atoms with Crippen LogP contribution in [0.25, 0.3) is 17.0 Å². The number of rotatable bonds is 1. The lowest BCUT2D eigenvalue weighted by Crippen LogP contribution is -1.72. The molecular formula is C13H12O. The third-order valence-corrected chi connectivity index (χ3v) is 2.32. The fraction of sp³-hybridized carbons (Fsp3) is 0.154. The summed E-state index contributed by atoms with van der Waals surface area (Å²) in [4.78, 5) is 0. The summed E-state index contributed by atoms with van der Waals surface area (Å²) in [6.07, 6.45) is 3.93. The minimum Gasteiger partial charge on any atom is -0.456 e. The highest BCUT2D eigenvalue weighted by molar-refractivity contribution is 5.84. The van der Waals surface area contributed by atoms with Crippen molar-refractivity contribution in [3.63, 3.8) is 0 Å². The summed E-state index contributed by atoms with van der Waals surface area (Å²) in [6.45, 7) is 9.71. The lowest BCUT2D eigenvalue weighted by Gasteiger charge is -1.90. The number of hydrogen-bond acceptors (Lipinski definition) is 1. The zero-order chi connectivity index (χ0) is 10.1. The molecule has 0 bridgehead atoms. The molecule has 0 unspecified atom stereocenters. The molecule has 0 aliphatic heterocycles. The zero-order valence-corrected chi connectivity index (χ0v) is 8.37. The fourth-order valence-corrected chi connectivity index (χ4v) is 1.57. The molecule has 0 fully saturated rings. The van der Waals surface area contributed by atoms with Gasteiger partial charge >= 0.3 is 0 Å². The maximum Gasteiger partial charge on any atom is 0.135 e. The average Bonchev–Trinajstić information content (AvgIpc) is 2.44. The molecule has 1 heterocycles. The van der Waals surface area contributed by atoms with E-state index in [0.29, 0.717) is 0 Å². The highest BCUT2D eigenvalue weighted by Crippen LogP contribution is 2.26. The molecule has 0 saturated carbocycles. The van der Waals surface area contributed by atoms with E-state index in [2.05, 4.69) is 6.92 Å². The standard InChI is InChI=1S/C13H12O/c1-4-5-12-10(3)11-7-6-9(2)8-13(11)14-12/h2,4-8H,1,3H3/b5-4-. The Bertz CT molecular complexity index is 489. The van der Waals surface area contributed by atoms with E-state index >= 15 is 0 Å². The van der Waals surface area contributed by atoms with Gasteiger partial charge in [-0.3, -0.25) is 0 Å². The van der Waals surface area contributed by atoms with Crippen LogP contribution in [-0.4, -0.2) is 0 Å². The van der Waals surface area contributed by atoms with Crippen molar-refractivity contribution in [2.45, 2.75) is 13.8 Å². The molecule has 70 valence electrons. The van der Waals surface area contributed by atoms with Gasteiger partial charge < -0.3 is 4.42 Å². The first-order valence-corrected chi connectivity index (χ1v) is 4.63. The Balaban J connectivity index is 2.73. The Morgan fingerprint density at radius 1 is 1.36 bits per heavy atom. The van der Waals surface area contributed by atoms with Gasteiger partial charge in [0, 0.05) is 10.9 Å². The van der Waals surface area contributed by atoms with Gasteiger partial charge in [0.2, 0.25) is 0 Å². The van der Waals surface area contributed by atoms with Crippen molar-refractivity contribution in [2.24, 2.45) is 0 Å². The van der Waals surface area contributed by atoms with Crippen LogP contribution in [0.4, 0.5) is 0 Å². The van der Waals surface area contributed by atoms with Crippen molar-refractivity contribution < 1.29 is 4.42 Å².